The average Bonchev–Trinajstić information content (AvgIpc) is 2.38. The molecule has 0 radical (unpaired) electrons. The number of nitrogens with two attached hydrogens (primary N) is 2. The van der Waals surface area contributed by atoms with E-state index >= 15 is 0 Å². The number of aromatic nitrogens is 1. The van der Waals surface area contributed by atoms with Crippen molar-refractivity contribution in [2.24, 2.45) is 16.5 Å². The third-order valence-corrected chi connectivity index (χ3v) is 2.91. The van der Waals surface area contributed by atoms with Gasteiger partial charge in [0.25, 0.3) is 0 Å². The van der Waals surface area contributed by atoms with Crippen molar-refractivity contribution in [2.75, 3.05) is 0 Å². The van der Waals surface area contributed by atoms with Gasteiger partial charge in [-0.1, -0.05) is 24.3 Å². The Morgan fingerprint density at radius 2 is 2.00 bits per heavy atom. The summed E-state index contributed by atoms with van der Waals surface area (Å²) in [6, 6.07) is 9.70. The molecule has 3 rings (SSSR count). The van der Waals surface area contributed by atoms with Crippen LogP contribution >= 0.6 is 0 Å². The van der Waals surface area contributed by atoms with Gasteiger partial charge in [0.15, 0.2) is 0 Å². The molecule has 0 fully saturated rings. The van der Waals surface area contributed by atoms with Crippen LogP contribution in [0.4, 0.5) is 0 Å². The standard InChI is InChI=1S/C13H13N5/c14-11-6-8-17-13(15,18-11)10-5-1-3-9-4-2-7-16-12(9)10/h1-8,17H,15H2,(H2,14,18). The molecule has 5 N–H and O–H groups in total. The van der Waals surface area contributed by atoms with E-state index in [2.05, 4.69) is 15.3 Å². The summed E-state index contributed by atoms with van der Waals surface area (Å²) in [6.07, 6.45) is 5.11. The Morgan fingerprint density at radius 1 is 1.17 bits per heavy atom. The Labute approximate surface area is 104 Å². The average molecular weight is 239 g/mol. The first kappa shape index (κ1) is 10.7. The van der Waals surface area contributed by atoms with E-state index in [0.717, 1.165) is 16.5 Å². The molecule has 1 unspecified atom stereocenters. The Balaban J connectivity index is 2.23. The van der Waals surface area contributed by atoms with Crippen LogP contribution in [0.2, 0.25) is 0 Å². The van der Waals surface area contributed by atoms with E-state index in [0.29, 0.717) is 5.84 Å². The van der Waals surface area contributed by atoms with Crippen molar-refractivity contribution in [3.8, 4) is 0 Å². The predicted molar refractivity (Wildman–Crippen MR) is 71.5 cm³/mol. The zero-order valence-electron chi connectivity index (χ0n) is 9.67. The first-order chi connectivity index (χ1) is 8.69. The summed E-state index contributed by atoms with van der Waals surface area (Å²) in [4.78, 5) is 8.64. The van der Waals surface area contributed by atoms with Crippen LogP contribution in [0, 0.1) is 0 Å². The number of fused-ring (bicyclic) bond motifs is 1. The number of rotatable bonds is 1. The van der Waals surface area contributed by atoms with Crippen LogP contribution < -0.4 is 16.8 Å². The molecule has 0 saturated heterocycles. The number of para-hydroxylation sites is 1. The zero-order chi connectivity index (χ0) is 12.6. The lowest BCUT2D eigenvalue weighted by atomic mass is 10.0. The molecule has 1 aromatic heterocycles. The number of aliphatic imine (C=N–C) groups is 1. The van der Waals surface area contributed by atoms with E-state index < -0.39 is 5.79 Å². The van der Waals surface area contributed by atoms with Gasteiger partial charge in [-0.2, -0.15) is 0 Å². The second-order valence-corrected chi connectivity index (χ2v) is 4.16. The minimum Gasteiger partial charge on any atom is -0.384 e. The monoisotopic (exact) mass is 239 g/mol. The fraction of sp³-hybridized carbons (Fsp3) is 0.0769. The predicted octanol–water partition coefficient (Wildman–Crippen LogP) is 0.778. The molecule has 0 bridgehead atoms. The lowest BCUT2D eigenvalue weighted by molar-refractivity contribution is 0.413. The maximum Gasteiger partial charge on any atom is 0.213 e. The molecule has 1 atom stereocenters. The molecule has 18 heavy (non-hydrogen) atoms. The summed E-state index contributed by atoms with van der Waals surface area (Å²) in [5.41, 5.74) is 13.6. The highest BCUT2D eigenvalue weighted by Gasteiger charge is 2.29. The highest BCUT2D eigenvalue weighted by atomic mass is 15.3. The summed E-state index contributed by atoms with van der Waals surface area (Å²) < 4.78 is 0. The minimum atomic E-state index is -1.06. The molecule has 0 saturated carbocycles. The number of benzene rings is 1. The van der Waals surface area contributed by atoms with Crippen LogP contribution in [0.3, 0.4) is 0 Å². The molecule has 1 aliphatic rings. The van der Waals surface area contributed by atoms with Crippen molar-refractivity contribution in [3.63, 3.8) is 0 Å². The third kappa shape index (κ3) is 1.61. The highest BCUT2D eigenvalue weighted by Crippen LogP contribution is 2.26. The van der Waals surface area contributed by atoms with Crippen LogP contribution in [0.25, 0.3) is 10.9 Å². The molecular weight excluding hydrogens is 226 g/mol. The number of nitrogens with one attached hydrogen (secondary N) is 1. The highest BCUT2D eigenvalue weighted by molar-refractivity contribution is 5.93. The van der Waals surface area contributed by atoms with Crippen LogP contribution in [-0.4, -0.2) is 10.8 Å². The smallest absolute Gasteiger partial charge is 0.213 e. The van der Waals surface area contributed by atoms with Crippen molar-refractivity contribution in [1.82, 2.24) is 10.3 Å². The lowest BCUT2D eigenvalue weighted by Gasteiger charge is -2.29. The van der Waals surface area contributed by atoms with Gasteiger partial charge < -0.3 is 11.1 Å². The number of nitrogens with zero attached hydrogens (tertiary/aromatic N) is 2. The molecule has 0 spiro atoms. The van der Waals surface area contributed by atoms with Gasteiger partial charge in [0.05, 0.1) is 5.52 Å². The molecular formula is C13H13N5. The first-order valence-electron chi connectivity index (χ1n) is 5.62. The van der Waals surface area contributed by atoms with Crippen molar-refractivity contribution in [3.05, 3.63) is 54.4 Å². The number of amidine groups is 1. The maximum absolute atomic E-state index is 6.27. The van der Waals surface area contributed by atoms with Crippen molar-refractivity contribution in [2.45, 2.75) is 5.79 Å². The molecule has 1 aliphatic heterocycles. The second-order valence-electron chi connectivity index (χ2n) is 4.16. The van der Waals surface area contributed by atoms with E-state index in [9.17, 15) is 0 Å². The van der Waals surface area contributed by atoms with E-state index in [1.165, 1.54) is 0 Å². The summed E-state index contributed by atoms with van der Waals surface area (Å²) in [5, 5.41) is 4.04. The molecule has 2 heterocycles. The molecule has 1 aromatic carbocycles. The van der Waals surface area contributed by atoms with Crippen LogP contribution in [0.1, 0.15) is 5.56 Å². The largest absolute Gasteiger partial charge is 0.384 e. The van der Waals surface area contributed by atoms with Gasteiger partial charge in [-0.3, -0.25) is 10.7 Å². The van der Waals surface area contributed by atoms with Gasteiger partial charge in [0, 0.05) is 23.3 Å². The Morgan fingerprint density at radius 3 is 2.83 bits per heavy atom. The third-order valence-electron chi connectivity index (χ3n) is 2.91. The van der Waals surface area contributed by atoms with Crippen LogP contribution in [0.5, 0.6) is 0 Å². The fourth-order valence-electron chi connectivity index (χ4n) is 2.08. The Hall–Kier alpha value is -2.40. The second kappa shape index (κ2) is 3.82. The summed E-state index contributed by atoms with van der Waals surface area (Å²) >= 11 is 0. The van der Waals surface area contributed by atoms with E-state index in [4.69, 9.17) is 11.5 Å². The molecule has 2 aromatic rings. The van der Waals surface area contributed by atoms with Gasteiger partial charge >= 0.3 is 0 Å². The SMILES string of the molecule is NC1=NC(N)(c2cccc3cccnc23)NC=C1. The molecule has 0 amide bonds. The van der Waals surface area contributed by atoms with E-state index in [-0.39, 0.29) is 0 Å². The molecule has 0 aliphatic carbocycles. The van der Waals surface area contributed by atoms with Gasteiger partial charge in [-0.15, -0.1) is 0 Å². The lowest BCUT2D eigenvalue weighted by Crippen LogP contribution is -2.49. The summed E-state index contributed by atoms with van der Waals surface area (Å²) in [7, 11) is 0. The summed E-state index contributed by atoms with van der Waals surface area (Å²) in [5.74, 6) is -0.670. The zero-order valence-corrected chi connectivity index (χ0v) is 9.67. The Kier molecular flexibility index (Phi) is 2.28. The molecule has 5 heteroatoms. The molecule has 90 valence electrons. The number of hydrogen-bond donors (Lipinski definition) is 3. The number of hydrogen-bond acceptors (Lipinski definition) is 5. The van der Waals surface area contributed by atoms with Crippen molar-refractivity contribution < 1.29 is 0 Å². The van der Waals surface area contributed by atoms with Gasteiger partial charge in [0.2, 0.25) is 5.79 Å². The molecule has 5 nitrogen and oxygen atoms in total. The fourth-order valence-corrected chi connectivity index (χ4v) is 2.08. The van der Waals surface area contributed by atoms with E-state index in [1.807, 2.05) is 30.3 Å². The topological polar surface area (TPSA) is 89.3 Å². The quantitative estimate of drug-likeness (QED) is 0.686. The maximum atomic E-state index is 6.27. The van der Waals surface area contributed by atoms with Crippen molar-refractivity contribution >= 4 is 16.7 Å². The Bertz CT molecular complexity index is 656. The summed E-state index contributed by atoms with van der Waals surface area (Å²) in [6.45, 7) is 0. The first-order valence-corrected chi connectivity index (χ1v) is 5.62. The van der Waals surface area contributed by atoms with Crippen molar-refractivity contribution in [1.29, 1.82) is 0 Å². The van der Waals surface area contributed by atoms with Crippen LogP contribution in [0.15, 0.2) is 53.8 Å². The van der Waals surface area contributed by atoms with E-state index in [1.54, 1.807) is 18.5 Å². The number of pyridine rings is 1. The van der Waals surface area contributed by atoms with Gasteiger partial charge in [-0.05, 0) is 12.1 Å². The van der Waals surface area contributed by atoms with Gasteiger partial charge in [0.1, 0.15) is 5.84 Å². The van der Waals surface area contributed by atoms with Gasteiger partial charge in [-0.25, -0.2) is 4.99 Å². The normalized spacial score (nSPS) is 22.6. The van der Waals surface area contributed by atoms with Crippen LogP contribution in [-0.2, 0) is 5.79 Å². The minimum absolute atomic E-state index is 0.393.